The van der Waals surface area contributed by atoms with E-state index in [1.54, 1.807) is 0 Å². The molecule has 2 aromatic rings. The Kier molecular flexibility index (Phi) is 5.77. The smallest absolute Gasteiger partial charge is 0.255 e. The first-order chi connectivity index (χ1) is 14.3. The van der Waals surface area contributed by atoms with Crippen LogP contribution >= 0.6 is 0 Å². The Morgan fingerprint density at radius 3 is 2.67 bits per heavy atom. The zero-order valence-corrected chi connectivity index (χ0v) is 18.4. The van der Waals surface area contributed by atoms with E-state index in [1.165, 1.54) is 0 Å². The minimum Gasteiger partial charge on any atom is -0.343 e. The molecular formula is C22H32N6O2. The number of hydrogen-bond donors (Lipinski definition) is 1. The van der Waals surface area contributed by atoms with Gasteiger partial charge in [-0.1, -0.05) is 0 Å². The lowest BCUT2D eigenvalue weighted by molar-refractivity contribution is -0.133. The fourth-order valence-electron chi connectivity index (χ4n) is 4.74. The van der Waals surface area contributed by atoms with Crippen LogP contribution in [0.3, 0.4) is 0 Å². The minimum atomic E-state index is -0.00114. The molecule has 1 unspecified atom stereocenters. The topological polar surface area (TPSA) is 87.1 Å². The molecule has 0 radical (unpaired) electrons. The highest BCUT2D eigenvalue weighted by Gasteiger charge is 2.28. The average molecular weight is 413 g/mol. The molecule has 0 spiro atoms. The Morgan fingerprint density at radius 2 is 2.00 bits per heavy atom. The third kappa shape index (κ3) is 4.19. The maximum absolute atomic E-state index is 12.8. The zero-order chi connectivity index (χ0) is 21.4. The second-order valence-corrected chi connectivity index (χ2v) is 8.94. The van der Waals surface area contributed by atoms with E-state index < -0.39 is 0 Å². The third-order valence-electron chi connectivity index (χ3n) is 6.44. The van der Waals surface area contributed by atoms with Gasteiger partial charge in [0.2, 0.25) is 5.91 Å². The third-order valence-corrected chi connectivity index (χ3v) is 6.44. The van der Waals surface area contributed by atoms with Crippen LogP contribution in [0.5, 0.6) is 0 Å². The molecule has 1 N–H and O–H groups in total. The lowest BCUT2D eigenvalue weighted by Gasteiger charge is -2.33. The van der Waals surface area contributed by atoms with Crippen LogP contribution in [-0.4, -0.2) is 62.1 Å². The van der Waals surface area contributed by atoms with Crippen LogP contribution in [0, 0.1) is 13.8 Å². The summed E-state index contributed by atoms with van der Waals surface area (Å²) in [5, 5.41) is 4.51. The SMILES string of the molecule is Cc1cc(C)n(C(C)CC(=O)N2CCC(c3nc4c(c(=O)[nH]3)CN(C)CC4)CC2)n1. The average Bonchev–Trinajstić information content (AvgIpc) is 3.06. The quantitative estimate of drug-likeness (QED) is 0.829. The number of likely N-dealkylation sites (N-methyl/N-ethyl adjacent to an activating group) is 1. The van der Waals surface area contributed by atoms with Crippen molar-refractivity contribution < 1.29 is 4.79 Å². The molecule has 0 saturated carbocycles. The maximum Gasteiger partial charge on any atom is 0.255 e. The molecule has 1 atom stereocenters. The van der Waals surface area contributed by atoms with E-state index in [0.29, 0.717) is 26.1 Å². The number of rotatable bonds is 4. The zero-order valence-electron chi connectivity index (χ0n) is 18.4. The molecule has 8 nitrogen and oxygen atoms in total. The van der Waals surface area contributed by atoms with E-state index in [4.69, 9.17) is 4.98 Å². The van der Waals surface area contributed by atoms with Crippen LogP contribution in [-0.2, 0) is 17.8 Å². The van der Waals surface area contributed by atoms with Crippen LogP contribution in [0.15, 0.2) is 10.9 Å². The van der Waals surface area contributed by atoms with Gasteiger partial charge in [-0.25, -0.2) is 4.98 Å². The molecule has 2 aliphatic rings. The summed E-state index contributed by atoms with van der Waals surface area (Å²) in [5.74, 6) is 1.18. The molecule has 30 heavy (non-hydrogen) atoms. The summed E-state index contributed by atoms with van der Waals surface area (Å²) in [5.41, 5.74) is 3.81. The molecule has 4 rings (SSSR count). The minimum absolute atomic E-state index is 0.00114. The van der Waals surface area contributed by atoms with Gasteiger partial charge < -0.3 is 14.8 Å². The number of amides is 1. The molecule has 8 heteroatoms. The van der Waals surface area contributed by atoms with Crippen LogP contribution in [0.25, 0.3) is 0 Å². The Hall–Kier alpha value is -2.48. The standard InChI is InChI=1S/C22H32N6O2/c1-14-11-15(2)28(25-14)16(3)12-20(29)27-9-5-17(6-10-27)21-23-19-7-8-26(4)13-18(19)22(30)24-21/h11,16-17H,5-10,12-13H2,1-4H3,(H,23,24,30). The Labute approximate surface area is 177 Å². The summed E-state index contributed by atoms with van der Waals surface area (Å²) in [6, 6.07) is 2.08. The second-order valence-electron chi connectivity index (χ2n) is 8.94. The number of hydrogen-bond acceptors (Lipinski definition) is 5. The molecule has 1 amide bonds. The Bertz CT molecular complexity index is 986. The number of piperidine rings is 1. The number of aromatic nitrogens is 4. The number of H-pyrrole nitrogens is 1. The van der Waals surface area contributed by atoms with E-state index in [9.17, 15) is 9.59 Å². The molecule has 0 aromatic carbocycles. The summed E-state index contributed by atoms with van der Waals surface area (Å²) in [4.78, 5) is 37.3. The molecule has 2 aliphatic heterocycles. The molecule has 4 heterocycles. The number of fused-ring (bicyclic) bond motifs is 1. The highest BCUT2D eigenvalue weighted by atomic mass is 16.2. The van der Waals surface area contributed by atoms with Crippen LogP contribution in [0.2, 0.25) is 0 Å². The van der Waals surface area contributed by atoms with Crippen molar-refractivity contribution in [3.63, 3.8) is 0 Å². The van der Waals surface area contributed by atoms with Crippen molar-refractivity contribution in [1.29, 1.82) is 0 Å². The van der Waals surface area contributed by atoms with E-state index >= 15 is 0 Å². The number of nitrogens with one attached hydrogen (secondary N) is 1. The molecule has 162 valence electrons. The molecule has 1 saturated heterocycles. The highest BCUT2D eigenvalue weighted by molar-refractivity contribution is 5.76. The number of carbonyl (C=O) groups excluding carboxylic acids is 1. The predicted octanol–water partition coefficient (Wildman–Crippen LogP) is 1.93. The predicted molar refractivity (Wildman–Crippen MR) is 114 cm³/mol. The van der Waals surface area contributed by atoms with Gasteiger partial charge in [-0.2, -0.15) is 5.10 Å². The van der Waals surface area contributed by atoms with Crippen LogP contribution in [0.4, 0.5) is 0 Å². The molecule has 0 aliphatic carbocycles. The summed E-state index contributed by atoms with van der Waals surface area (Å²) in [6.07, 6.45) is 2.95. The lowest BCUT2D eigenvalue weighted by Crippen LogP contribution is -2.40. The largest absolute Gasteiger partial charge is 0.343 e. The molecule has 1 fully saturated rings. The first-order valence-corrected chi connectivity index (χ1v) is 10.9. The summed E-state index contributed by atoms with van der Waals surface area (Å²) in [7, 11) is 2.03. The van der Waals surface area contributed by atoms with Crippen molar-refractivity contribution in [2.24, 2.45) is 0 Å². The van der Waals surface area contributed by atoms with E-state index in [0.717, 1.165) is 54.3 Å². The van der Waals surface area contributed by atoms with Crippen LogP contribution in [0.1, 0.15) is 66.6 Å². The van der Waals surface area contributed by atoms with Crippen molar-refractivity contribution in [1.82, 2.24) is 29.5 Å². The number of aryl methyl sites for hydroxylation is 2. The Morgan fingerprint density at radius 1 is 1.27 bits per heavy atom. The van der Waals surface area contributed by atoms with Gasteiger partial charge in [0.25, 0.3) is 5.56 Å². The summed E-state index contributed by atoms with van der Waals surface area (Å²) < 4.78 is 1.94. The summed E-state index contributed by atoms with van der Waals surface area (Å²) >= 11 is 0. The normalized spacial score (nSPS) is 19.0. The number of carbonyl (C=O) groups is 1. The lowest BCUT2D eigenvalue weighted by atomic mass is 9.95. The number of nitrogens with zero attached hydrogens (tertiary/aromatic N) is 5. The number of aromatic amines is 1. The van der Waals surface area contributed by atoms with Gasteiger partial charge in [-0.3, -0.25) is 14.3 Å². The molecule has 2 aromatic heterocycles. The first kappa shape index (κ1) is 20.8. The van der Waals surface area contributed by atoms with Gasteiger partial charge >= 0.3 is 0 Å². The van der Waals surface area contributed by atoms with Crippen molar-refractivity contribution >= 4 is 5.91 Å². The number of likely N-dealkylation sites (tertiary alicyclic amines) is 1. The van der Waals surface area contributed by atoms with Gasteiger partial charge in [0.05, 0.1) is 23.0 Å². The van der Waals surface area contributed by atoms with Gasteiger partial charge in [0.15, 0.2) is 0 Å². The Balaban J connectivity index is 1.37. The van der Waals surface area contributed by atoms with Gasteiger partial charge in [-0.05, 0) is 46.7 Å². The van der Waals surface area contributed by atoms with Crippen LogP contribution < -0.4 is 5.56 Å². The molecule has 0 bridgehead atoms. The van der Waals surface area contributed by atoms with Gasteiger partial charge in [0, 0.05) is 50.6 Å². The van der Waals surface area contributed by atoms with Gasteiger partial charge in [0.1, 0.15) is 5.82 Å². The van der Waals surface area contributed by atoms with Crippen molar-refractivity contribution in [3.8, 4) is 0 Å². The van der Waals surface area contributed by atoms with E-state index in [2.05, 4.69) is 15.0 Å². The second kappa shape index (κ2) is 8.34. The van der Waals surface area contributed by atoms with Crippen molar-refractivity contribution in [3.05, 3.63) is 44.9 Å². The first-order valence-electron chi connectivity index (χ1n) is 10.9. The maximum atomic E-state index is 12.8. The van der Waals surface area contributed by atoms with E-state index in [1.807, 2.05) is 43.5 Å². The summed E-state index contributed by atoms with van der Waals surface area (Å²) in [6.45, 7) is 9.05. The fourth-order valence-corrected chi connectivity index (χ4v) is 4.74. The van der Waals surface area contributed by atoms with Gasteiger partial charge in [-0.15, -0.1) is 0 Å². The monoisotopic (exact) mass is 412 g/mol. The van der Waals surface area contributed by atoms with Crippen molar-refractivity contribution in [2.75, 3.05) is 26.7 Å². The van der Waals surface area contributed by atoms with Crippen molar-refractivity contribution in [2.45, 2.75) is 65.0 Å². The molecular weight excluding hydrogens is 380 g/mol. The highest BCUT2D eigenvalue weighted by Crippen LogP contribution is 2.27. The fraction of sp³-hybridized carbons (Fsp3) is 0.636. The van der Waals surface area contributed by atoms with E-state index in [-0.39, 0.29) is 23.4 Å².